The van der Waals surface area contributed by atoms with Gasteiger partial charge in [-0.15, -0.1) is 11.3 Å². The molecule has 4 heteroatoms. The van der Waals surface area contributed by atoms with Crippen LogP contribution in [0.3, 0.4) is 0 Å². The van der Waals surface area contributed by atoms with E-state index in [9.17, 15) is 9.18 Å². The van der Waals surface area contributed by atoms with Crippen molar-refractivity contribution < 1.29 is 9.18 Å². The highest BCUT2D eigenvalue weighted by Gasteiger charge is 2.44. The minimum Gasteiger partial charge on any atom is -0.356 e. The number of rotatable bonds is 5. The van der Waals surface area contributed by atoms with Crippen molar-refractivity contribution in [1.82, 2.24) is 5.32 Å². The molecular formula is C16H16FNOS. The number of amides is 1. The summed E-state index contributed by atoms with van der Waals surface area (Å²) in [6.07, 6.45) is 1.70. The van der Waals surface area contributed by atoms with Crippen molar-refractivity contribution in [2.45, 2.75) is 18.8 Å². The van der Waals surface area contributed by atoms with E-state index in [1.807, 2.05) is 6.07 Å². The maximum Gasteiger partial charge on any atom is 0.223 e. The Morgan fingerprint density at radius 3 is 2.80 bits per heavy atom. The van der Waals surface area contributed by atoms with Crippen LogP contribution < -0.4 is 5.32 Å². The van der Waals surface area contributed by atoms with E-state index in [1.54, 1.807) is 23.5 Å². The fourth-order valence-electron chi connectivity index (χ4n) is 2.41. The van der Waals surface area contributed by atoms with E-state index < -0.39 is 0 Å². The van der Waals surface area contributed by atoms with Crippen molar-refractivity contribution in [3.63, 3.8) is 0 Å². The first kappa shape index (κ1) is 13.3. The van der Waals surface area contributed by atoms with Gasteiger partial charge in [0.2, 0.25) is 5.91 Å². The highest BCUT2D eigenvalue weighted by molar-refractivity contribution is 7.10. The van der Waals surface area contributed by atoms with Gasteiger partial charge in [-0.2, -0.15) is 0 Å². The molecule has 1 saturated carbocycles. The van der Waals surface area contributed by atoms with Gasteiger partial charge in [-0.1, -0.05) is 18.2 Å². The Labute approximate surface area is 121 Å². The third kappa shape index (κ3) is 3.07. The molecule has 1 aliphatic carbocycles. The molecule has 2 aromatic rings. The van der Waals surface area contributed by atoms with E-state index in [0.29, 0.717) is 12.5 Å². The molecule has 1 aromatic heterocycles. The molecule has 3 rings (SSSR count). The fraction of sp³-hybridized carbons (Fsp3) is 0.312. The molecule has 1 aromatic carbocycles. The molecule has 2 unspecified atom stereocenters. The van der Waals surface area contributed by atoms with E-state index in [1.165, 1.54) is 17.0 Å². The molecule has 0 spiro atoms. The summed E-state index contributed by atoms with van der Waals surface area (Å²) in [4.78, 5) is 13.3. The van der Waals surface area contributed by atoms with E-state index in [-0.39, 0.29) is 17.6 Å². The maximum atomic E-state index is 12.8. The molecule has 1 aliphatic rings. The number of hydrogen-bond acceptors (Lipinski definition) is 2. The van der Waals surface area contributed by atoms with Crippen LogP contribution in [0.4, 0.5) is 4.39 Å². The van der Waals surface area contributed by atoms with Crippen molar-refractivity contribution in [1.29, 1.82) is 0 Å². The van der Waals surface area contributed by atoms with Gasteiger partial charge >= 0.3 is 0 Å². The highest BCUT2D eigenvalue weighted by atomic mass is 32.1. The second-order valence-corrected chi connectivity index (χ2v) is 6.11. The van der Waals surface area contributed by atoms with Crippen molar-refractivity contribution >= 4 is 17.2 Å². The summed E-state index contributed by atoms with van der Waals surface area (Å²) in [6.45, 7) is 0.609. The lowest BCUT2D eigenvalue weighted by Gasteiger charge is -2.05. The predicted octanol–water partition coefficient (Wildman–Crippen LogP) is 3.35. The first-order valence-corrected chi connectivity index (χ1v) is 7.67. The smallest absolute Gasteiger partial charge is 0.223 e. The van der Waals surface area contributed by atoms with Gasteiger partial charge in [-0.25, -0.2) is 4.39 Å². The van der Waals surface area contributed by atoms with Crippen LogP contribution in [-0.4, -0.2) is 12.5 Å². The van der Waals surface area contributed by atoms with E-state index in [0.717, 1.165) is 18.4 Å². The first-order chi connectivity index (χ1) is 9.74. The summed E-state index contributed by atoms with van der Waals surface area (Å²) >= 11 is 1.72. The Kier molecular flexibility index (Phi) is 3.83. The van der Waals surface area contributed by atoms with Crippen molar-refractivity contribution in [3.8, 4) is 0 Å². The second kappa shape index (κ2) is 5.75. The molecule has 1 amide bonds. The zero-order valence-corrected chi connectivity index (χ0v) is 11.8. The van der Waals surface area contributed by atoms with E-state index >= 15 is 0 Å². The number of benzene rings is 1. The number of hydrogen-bond donors (Lipinski definition) is 1. The van der Waals surface area contributed by atoms with Gasteiger partial charge in [0.1, 0.15) is 5.82 Å². The van der Waals surface area contributed by atoms with Crippen LogP contribution in [0.5, 0.6) is 0 Å². The van der Waals surface area contributed by atoms with Crippen molar-refractivity contribution in [3.05, 3.63) is 58.0 Å². The van der Waals surface area contributed by atoms with Crippen molar-refractivity contribution in [2.24, 2.45) is 5.92 Å². The molecular weight excluding hydrogens is 273 g/mol. The van der Waals surface area contributed by atoms with Gasteiger partial charge in [-0.05, 0) is 42.0 Å². The Bertz CT molecular complexity index is 579. The summed E-state index contributed by atoms with van der Waals surface area (Å²) in [6, 6.07) is 10.5. The summed E-state index contributed by atoms with van der Waals surface area (Å²) in [5.41, 5.74) is 1.04. The monoisotopic (exact) mass is 289 g/mol. The highest BCUT2D eigenvalue weighted by Crippen LogP contribution is 2.49. The zero-order chi connectivity index (χ0) is 13.9. The fourth-order valence-corrected chi connectivity index (χ4v) is 3.32. The van der Waals surface area contributed by atoms with Gasteiger partial charge in [0.25, 0.3) is 0 Å². The summed E-state index contributed by atoms with van der Waals surface area (Å²) in [5.74, 6) is 0.475. The quantitative estimate of drug-likeness (QED) is 0.898. The lowest BCUT2D eigenvalue weighted by molar-refractivity contribution is -0.122. The van der Waals surface area contributed by atoms with Crippen LogP contribution in [-0.2, 0) is 11.2 Å². The van der Waals surface area contributed by atoms with Crippen LogP contribution in [0.1, 0.15) is 22.8 Å². The Hall–Kier alpha value is -1.68. The molecule has 0 radical (unpaired) electrons. The van der Waals surface area contributed by atoms with Gasteiger partial charge in [0.15, 0.2) is 0 Å². The summed E-state index contributed by atoms with van der Waals surface area (Å²) in [7, 11) is 0. The summed E-state index contributed by atoms with van der Waals surface area (Å²) < 4.78 is 12.8. The van der Waals surface area contributed by atoms with Gasteiger partial charge < -0.3 is 5.32 Å². The third-order valence-corrected chi connectivity index (χ3v) is 4.67. The number of thiophene rings is 1. The second-order valence-electron chi connectivity index (χ2n) is 5.13. The molecule has 104 valence electrons. The lowest BCUT2D eigenvalue weighted by atomic mass is 10.1. The molecule has 2 nitrogen and oxygen atoms in total. The largest absolute Gasteiger partial charge is 0.356 e. The van der Waals surface area contributed by atoms with Gasteiger partial charge in [0, 0.05) is 23.3 Å². The number of carbonyl (C=O) groups excluding carboxylic acids is 1. The number of halogens is 1. The molecule has 0 bridgehead atoms. The first-order valence-electron chi connectivity index (χ1n) is 6.79. The average molecular weight is 289 g/mol. The lowest BCUT2D eigenvalue weighted by Crippen LogP contribution is -2.27. The minimum atomic E-state index is -0.227. The molecule has 1 N–H and O–H groups in total. The Morgan fingerprint density at radius 2 is 2.10 bits per heavy atom. The normalized spacial score (nSPS) is 20.6. The maximum absolute atomic E-state index is 12.8. The SMILES string of the molecule is O=C(NCCc1ccc(F)cc1)C1CC1c1cccs1. The molecule has 1 fully saturated rings. The molecule has 0 aliphatic heterocycles. The topological polar surface area (TPSA) is 29.1 Å². The van der Waals surface area contributed by atoms with Gasteiger partial charge in [0.05, 0.1) is 0 Å². The zero-order valence-electron chi connectivity index (χ0n) is 11.0. The third-order valence-electron chi connectivity index (χ3n) is 3.66. The van der Waals surface area contributed by atoms with Crippen LogP contribution in [0.15, 0.2) is 41.8 Å². The number of nitrogens with one attached hydrogen (secondary N) is 1. The molecule has 0 saturated heterocycles. The summed E-state index contributed by atoms with van der Waals surface area (Å²) in [5, 5.41) is 5.02. The van der Waals surface area contributed by atoms with Gasteiger partial charge in [-0.3, -0.25) is 4.79 Å². The van der Waals surface area contributed by atoms with Crippen LogP contribution >= 0.6 is 11.3 Å². The van der Waals surface area contributed by atoms with Crippen molar-refractivity contribution in [2.75, 3.05) is 6.54 Å². The standard InChI is InChI=1S/C16H16FNOS/c17-12-5-3-11(4-6-12)7-8-18-16(19)14-10-13(14)15-2-1-9-20-15/h1-6,9,13-14H,7-8,10H2,(H,18,19). The minimum absolute atomic E-state index is 0.141. The number of carbonyl (C=O) groups is 1. The predicted molar refractivity (Wildman–Crippen MR) is 78.3 cm³/mol. The van der Waals surface area contributed by atoms with Crippen LogP contribution in [0.25, 0.3) is 0 Å². The average Bonchev–Trinajstić information content (AvgIpc) is 3.07. The molecule has 2 atom stereocenters. The molecule has 1 heterocycles. The van der Waals surface area contributed by atoms with E-state index in [4.69, 9.17) is 0 Å². The van der Waals surface area contributed by atoms with Crippen LogP contribution in [0.2, 0.25) is 0 Å². The molecule has 20 heavy (non-hydrogen) atoms. The Balaban J connectivity index is 1.43. The Morgan fingerprint density at radius 1 is 1.30 bits per heavy atom. The van der Waals surface area contributed by atoms with Crippen LogP contribution in [0, 0.1) is 11.7 Å². The van der Waals surface area contributed by atoms with E-state index in [2.05, 4.69) is 16.8 Å².